The van der Waals surface area contributed by atoms with E-state index in [0.717, 1.165) is 56.1 Å². The second-order valence-corrected chi connectivity index (χ2v) is 9.02. The van der Waals surface area contributed by atoms with Crippen molar-refractivity contribution in [3.8, 4) is 0 Å². The molecule has 1 aromatic heterocycles. The van der Waals surface area contributed by atoms with Crippen LogP contribution in [0.2, 0.25) is 0 Å². The average Bonchev–Trinajstić information content (AvgIpc) is 3.37. The van der Waals surface area contributed by atoms with E-state index < -0.39 is 11.8 Å². The van der Waals surface area contributed by atoms with E-state index in [4.69, 9.17) is 4.42 Å². The first-order chi connectivity index (χ1) is 15.9. The number of amides is 3. The highest BCUT2D eigenvalue weighted by molar-refractivity contribution is 6.39. The van der Waals surface area contributed by atoms with Gasteiger partial charge in [0.1, 0.15) is 11.5 Å². The van der Waals surface area contributed by atoms with Gasteiger partial charge >= 0.3 is 11.8 Å². The quantitative estimate of drug-likeness (QED) is 0.657. The third-order valence-electron chi connectivity index (χ3n) is 6.49. The van der Waals surface area contributed by atoms with E-state index in [0.29, 0.717) is 31.1 Å². The molecule has 2 saturated heterocycles. The number of piperidine rings is 1. The summed E-state index contributed by atoms with van der Waals surface area (Å²) < 4.78 is 5.61. The van der Waals surface area contributed by atoms with Crippen LogP contribution in [0, 0.1) is 19.8 Å². The zero-order valence-electron chi connectivity index (χ0n) is 19.4. The summed E-state index contributed by atoms with van der Waals surface area (Å²) in [5.74, 6) is 1.03. The van der Waals surface area contributed by atoms with Gasteiger partial charge in [0.15, 0.2) is 0 Å². The molecule has 0 spiro atoms. The van der Waals surface area contributed by atoms with E-state index in [1.54, 1.807) is 23.1 Å². The van der Waals surface area contributed by atoms with E-state index in [1.807, 2.05) is 19.9 Å². The lowest BCUT2D eigenvalue weighted by Gasteiger charge is -2.31. The van der Waals surface area contributed by atoms with E-state index >= 15 is 0 Å². The molecule has 0 unspecified atom stereocenters. The van der Waals surface area contributed by atoms with Crippen LogP contribution in [0.5, 0.6) is 0 Å². The van der Waals surface area contributed by atoms with Gasteiger partial charge in [-0.1, -0.05) is 6.07 Å². The van der Waals surface area contributed by atoms with E-state index in [1.165, 1.54) is 5.56 Å². The van der Waals surface area contributed by atoms with Gasteiger partial charge in [-0.15, -0.1) is 0 Å². The predicted molar refractivity (Wildman–Crippen MR) is 126 cm³/mol. The van der Waals surface area contributed by atoms with Crippen molar-refractivity contribution in [3.05, 3.63) is 47.4 Å². The molecule has 0 bridgehead atoms. The molecular formula is C25H32N4O4. The van der Waals surface area contributed by atoms with Crippen molar-refractivity contribution in [3.63, 3.8) is 0 Å². The van der Waals surface area contributed by atoms with Crippen molar-refractivity contribution in [1.29, 1.82) is 0 Å². The molecule has 2 aromatic rings. The highest BCUT2D eigenvalue weighted by Gasteiger charge is 2.24. The van der Waals surface area contributed by atoms with Crippen LogP contribution in [-0.4, -0.2) is 48.8 Å². The lowest BCUT2D eigenvalue weighted by Crippen LogP contribution is -2.41. The summed E-state index contributed by atoms with van der Waals surface area (Å²) in [6.07, 6.45) is 3.33. The summed E-state index contributed by atoms with van der Waals surface area (Å²) in [4.78, 5) is 40.7. The summed E-state index contributed by atoms with van der Waals surface area (Å²) in [6.45, 7) is 7.93. The van der Waals surface area contributed by atoms with Crippen molar-refractivity contribution < 1.29 is 18.8 Å². The third-order valence-corrected chi connectivity index (χ3v) is 6.49. The number of likely N-dealkylation sites (tertiary alicyclic amines) is 1. The molecule has 33 heavy (non-hydrogen) atoms. The highest BCUT2D eigenvalue weighted by Crippen LogP contribution is 2.24. The Morgan fingerprint density at radius 1 is 1.09 bits per heavy atom. The number of carbonyl (C=O) groups is 3. The Balaban J connectivity index is 1.20. The number of carbonyl (C=O) groups excluding carboxylic acids is 3. The number of rotatable bonds is 6. The lowest BCUT2D eigenvalue weighted by atomic mass is 9.96. The molecule has 2 N–H and O–H groups in total. The van der Waals surface area contributed by atoms with Crippen molar-refractivity contribution >= 4 is 29.1 Å². The standard InChI is InChI=1S/C25H32N4O4/c1-17-13-20(18(2)33-17)16-28-11-8-19(9-12-28)15-26-24(31)25(32)27-21-5-3-6-22(14-21)29-10-4-7-23(29)30/h3,5-6,13-14,19H,4,7-12,15-16H2,1-2H3,(H,26,31)(H,27,32). The number of anilines is 2. The summed E-state index contributed by atoms with van der Waals surface area (Å²) in [6, 6.07) is 9.15. The smallest absolute Gasteiger partial charge is 0.313 e. The number of hydrogen-bond acceptors (Lipinski definition) is 5. The number of hydrogen-bond donors (Lipinski definition) is 2. The Morgan fingerprint density at radius 2 is 1.88 bits per heavy atom. The van der Waals surface area contributed by atoms with Crippen molar-refractivity contribution in [1.82, 2.24) is 10.2 Å². The maximum Gasteiger partial charge on any atom is 0.313 e. The zero-order valence-corrected chi connectivity index (χ0v) is 19.4. The largest absolute Gasteiger partial charge is 0.466 e. The van der Waals surface area contributed by atoms with Crippen LogP contribution >= 0.6 is 0 Å². The lowest BCUT2D eigenvalue weighted by molar-refractivity contribution is -0.136. The molecule has 2 aliphatic heterocycles. The fourth-order valence-electron chi connectivity index (χ4n) is 4.61. The van der Waals surface area contributed by atoms with Gasteiger partial charge in [0.05, 0.1) is 0 Å². The van der Waals surface area contributed by atoms with Crippen LogP contribution in [-0.2, 0) is 20.9 Å². The SMILES string of the molecule is Cc1cc(CN2CCC(CNC(=O)C(=O)Nc3cccc(N4CCCC4=O)c3)CC2)c(C)o1. The van der Waals surface area contributed by atoms with Crippen LogP contribution in [0.3, 0.4) is 0 Å². The molecular weight excluding hydrogens is 420 g/mol. The Kier molecular flexibility index (Phi) is 7.13. The zero-order chi connectivity index (χ0) is 23.4. The maximum absolute atomic E-state index is 12.4. The van der Waals surface area contributed by atoms with Crippen LogP contribution < -0.4 is 15.5 Å². The normalized spacial score (nSPS) is 17.4. The summed E-state index contributed by atoms with van der Waals surface area (Å²) in [5, 5.41) is 5.42. The van der Waals surface area contributed by atoms with Gasteiger partial charge in [-0.3, -0.25) is 19.3 Å². The molecule has 0 saturated carbocycles. The molecule has 8 heteroatoms. The first-order valence-corrected chi connectivity index (χ1v) is 11.7. The molecule has 2 aliphatic rings. The van der Waals surface area contributed by atoms with E-state index in [-0.39, 0.29) is 5.91 Å². The first-order valence-electron chi connectivity index (χ1n) is 11.7. The minimum absolute atomic E-state index is 0.0808. The van der Waals surface area contributed by atoms with Crippen LogP contribution in [0.15, 0.2) is 34.7 Å². The summed E-state index contributed by atoms with van der Waals surface area (Å²) >= 11 is 0. The maximum atomic E-state index is 12.4. The van der Waals surface area contributed by atoms with Gasteiger partial charge in [0.25, 0.3) is 0 Å². The Hall–Kier alpha value is -3.13. The Bertz CT molecular complexity index is 1020. The minimum Gasteiger partial charge on any atom is -0.466 e. The van der Waals surface area contributed by atoms with Gasteiger partial charge in [-0.2, -0.15) is 0 Å². The molecule has 0 atom stereocenters. The number of aryl methyl sites for hydroxylation is 2. The second-order valence-electron chi connectivity index (χ2n) is 9.02. The van der Waals surface area contributed by atoms with Crippen LogP contribution in [0.25, 0.3) is 0 Å². The summed E-state index contributed by atoms with van der Waals surface area (Å²) in [5.41, 5.74) is 2.47. The average molecular weight is 453 g/mol. The third kappa shape index (κ3) is 5.82. The first kappa shape index (κ1) is 23.0. The molecule has 8 nitrogen and oxygen atoms in total. The van der Waals surface area contributed by atoms with Crippen molar-refractivity contribution in [2.75, 3.05) is 36.4 Å². The highest BCUT2D eigenvalue weighted by atomic mass is 16.3. The predicted octanol–water partition coefficient (Wildman–Crippen LogP) is 2.99. The second kappa shape index (κ2) is 10.2. The van der Waals surface area contributed by atoms with Crippen LogP contribution in [0.1, 0.15) is 42.8 Å². The minimum atomic E-state index is -0.692. The molecule has 4 rings (SSSR count). The number of furan rings is 1. The molecule has 2 fully saturated rings. The van der Waals surface area contributed by atoms with Crippen molar-refractivity contribution in [2.24, 2.45) is 5.92 Å². The Morgan fingerprint density at radius 3 is 2.55 bits per heavy atom. The molecule has 176 valence electrons. The number of benzene rings is 1. The number of nitrogens with one attached hydrogen (secondary N) is 2. The fourth-order valence-corrected chi connectivity index (χ4v) is 4.61. The van der Waals surface area contributed by atoms with E-state index in [2.05, 4.69) is 21.6 Å². The summed E-state index contributed by atoms with van der Waals surface area (Å²) in [7, 11) is 0. The fraction of sp³-hybridized carbons (Fsp3) is 0.480. The van der Waals surface area contributed by atoms with Gasteiger partial charge in [-0.25, -0.2) is 0 Å². The molecule has 0 radical (unpaired) electrons. The van der Waals surface area contributed by atoms with Crippen molar-refractivity contribution in [2.45, 2.75) is 46.1 Å². The molecule has 1 aromatic carbocycles. The molecule has 3 heterocycles. The molecule has 3 amide bonds. The van der Waals surface area contributed by atoms with E-state index in [9.17, 15) is 14.4 Å². The van der Waals surface area contributed by atoms with Crippen LogP contribution in [0.4, 0.5) is 11.4 Å². The monoisotopic (exact) mass is 452 g/mol. The number of nitrogens with zero attached hydrogens (tertiary/aromatic N) is 2. The Labute approximate surface area is 194 Å². The van der Waals surface area contributed by atoms with Gasteiger partial charge < -0.3 is 20.0 Å². The van der Waals surface area contributed by atoms with Gasteiger partial charge in [-0.05, 0) is 76.4 Å². The topological polar surface area (TPSA) is 94.9 Å². The van der Waals surface area contributed by atoms with Gasteiger partial charge in [0.2, 0.25) is 5.91 Å². The van der Waals surface area contributed by atoms with Gasteiger partial charge in [0, 0.05) is 43.0 Å². The molecule has 0 aliphatic carbocycles.